The van der Waals surface area contributed by atoms with Crippen LogP contribution in [0.15, 0.2) is 4.52 Å². The summed E-state index contributed by atoms with van der Waals surface area (Å²) in [5.41, 5.74) is 0. The third-order valence-electron chi connectivity index (χ3n) is 2.18. The van der Waals surface area contributed by atoms with E-state index in [0.717, 1.165) is 13.0 Å². The smallest absolute Gasteiger partial charge is 0.233 e. The summed E-state index contributed by atoms with van der Waals surface area (Å²) in [6.07, 6.45) is 0.996. The SMILES string of the molecule is Cc1nc(CNCC(=O)NCCC(C)C)no1. The largest absolute Gasteiger partial charge is 0.355 e. The predicted octanol–water partition coefficient (Wildman–Crippen LogP) is 0.630. The van der Waals surface area contributed by atoms with E-state index in [1.165, 1.54) is 0 Å². The molecule has 0 radical (unpaired) electrons. The third kappa shape index (κ3) is 6.01. The Kier molecular flexibility index (Phi) is 5.62. The summed E-state index contributed by atoms with van der Waals surface area (Å²) in [6, 6.07) is 0. The number of nitrogens with zero attached hydrogens (tertiary/aromatic N) is 2. The van der Waals surface area contributed by atoms with Crippen molar-refractivity contribution in [1.82, 2.24) is 20.8 Å². The highest BCUT2D eigenvalue weighted by Crippen LogP contribution is 1.96. The predicted molar refractivity (Wildman–Crippen MR) is 63.2 cm³/mol. The van der Waals surface area contributed by atoms with Crippen LogP contribution in [-0.4, -0.2) is 29.1 Å². The topological polar surface area (TPSA) is 80.0 Å². The quantitative estimate of drug-likeness (QED) is 0.730. The number of carbonyl (C=O) groups excluding carboxylic acids is 1. The maximum Gasteiger partial charge on any atom is 0.233 e. The number of carbonyl (C=O) groups is 1. The lowest BCUT2D eigenvalue weighted by Gasteiger charge is -2.07. The zero-order valence-electron chi connectivity index (χ0n) is 10.6. The van der Waals surface area contributed by atoms with Crippen LogP contribution in [0.5, 0.6) is 0 Å². The van der Waals surface area contributed by atoms with Gasteiger partial charge in [0, 0.05) is 13.5 Å². The van der Waals surface area contributed by atoms with Crippen LogP contribution in [0, 0.1) is 12.8 Å². The van der Waals surface area contributed by atoms with E-state index in [-0.39, 0.29) is 12.5 Å². The Morgan fingerprint density at radius 2 is 2.24 bits per heavy atom. The monoisotopic (exact) mass is 240 g/mol. The van der Waals surface area contributed by atoms with Crippen molar-refractivity contribution in [1.29, 1.82) is 0 Å². The fourth-order valence-electron chi connectivity index (χ4n) is 1.26. The number of rotatable bonds is 7. The highest BCUT2D eigenvalue weighted by atomic mass is 16.5. The molecule has 0 saturated carbocycles. The normalized spacial score (nSPS) is 10.8. The van der Waals surface area contributed by atoms with Gasteiger partial charge in [0.1, 0.15) is 0 Å². The van der Waals surface area contributed by atoms with Gasteiger partial charge in [0.2, 0.25) is 11.8 Å². The molecule has 0 bridgehead atoms. The van der Waals surface area contributed by atoms with Crippen molar-refractivity contribution >= 4 is 5.91 Å². The van der Waals surface area contributed by atoms with Gasteiger partial charge in [0.05, 0.1) is 13.1 Å². The molecule has 0 aromatic carbocycles. The molecule has 1 aromatic rings. The number of nitrogens with one attached hydrogen (secondary N) is 2. The molecular formula is C11H20N4O2. The zero-order chi connectivity index (χ0) is 12.7. The lowest BCUT2D eigenvalue weighted by atomic mass is 10.1. The molecule has 1 aromatic heterocycles. The van der Waals surface area contributed by atoms with Crippen molar-refractivity contribution in [3.63, 3.8) is 0 Å². The summed E-state index contributed by atoms with van der Waals surface area (Å²) in [5.74, 6) is 1.69. The molecule has 0 atom stereocenters. The summed E-state index contributed by atoms with van der Waals surface area (Å²) in [5, 5.41) is 9.51. The molecule has 0 unspecified atom stereocenters. The molecule has 96 valence electrons. The van der Waals surface area contributed by atoms with Gasteiger partial charge >= 0.3 is 0 Å². The van der Waals surface area contributed by atoms with E-state index in [9.17, 15) is 4.79 Å². The lowest BCUT2D eigenvalue weighted by Crippen LogP contribution is -2.34. The summed E-state index contributed by atoms with van der Waals surface area (Å²) < 4.78 is 4.81. The molecule has 1 amide bonds. The van der Waals surface area contributed by atoms with Crippen molar-refractivity contribution in [3.8, 4) is 0 Å². The molecule has 6 nitrogen and oxygen atoms in total. The van der Waals surface area contributed by atoms with E-state index in [0.29, 0.717) is 24.2 Å². The molecule has 1 heterocycles. The van der Waals surface area contributed by atoms with Gasteiger partial charge in [-0.2, -0.15) is 4.98 Å². The highest BCUT2D eigenvalue weighted by molar-refractivity contribution is 5.77. The summed E-state index contributed by atoms with van der Waals surface area (Å²) in [7, 11) is 0. The molecule has 0 spiro atoms. The first-order valence-electron chi connectivity index (χ1n) is 5.84. The van der Waals surface area contributed by atoms with E-state index >= 15 is 0 Å². The lowest BCUT2D eigenvalue weighted by molar-refractivity contribution is -0.120. The minimum absolute atomic E-state index is 0.00846. The first-order chi connectivity index (χ1) is 8.08. The minimum Gasteiger partial charge on any atom is -0.355 e. The van der Waals surface area contributed by atoms with Crippen LogP contribution >= 0.6 is 0 Å². The van der Waals surface area contributed by atoms with Gasteiger partial charge in [-0.05, 0) is 12.3 Å². The number of aromatic nitrogens is 2. The van der Waals surface area contributed by atoms with Crippen LogP contribution in [-0.2, 0) is 11.3 Å². The fraction of sp³-hybridized carbons (Fsp3) is 0.727. The zero-order valence-corrected chi connectivity index (χ0v) is 10.6. The second kappa shape index (κ2) is 7.01. The minimum atomic E-state index is -0.00846. The van der Waals surface area contributed by atoms with Crippen LogP contribution in [0.4, 0.5) is 0 Å². The molecule has 17 heavy (non-hydrogen) atoms. The van der Waals surface area contributed by atoms with Crippen molar-refractivity contribution in [2.75, 3.05) is 13.1 Å². The fourth-order valence-corrected chi connectivity index (χ4v) is 1.26. The molecule has 0 aliphatic heterocycles. The van der Waals surface area contributed by atoms with E-state index in [4.69, 9.17) is 4.52 Å². The Hall–Kier alpha value is -1.43. The number of aryl methyl sites for hydroxylation is 1. The van der Waals surface area contributed by atoms with E-state index in [2.05, 4.69) is 34.6 Å². The Morgan fingerprint density at radius 1 is 1.47 bits per heavy atom. The van der Waals surface area contributed by atoms with Gasteiger partial charge in [-0.25, -0.2) is 0 Å². The van der Waals surface area contributed by atoms with Gasteiger partial charge in [-0.15, -0.1) is 0 Å². The average Bonchev–Trinajstić information content (AvgIpc) is 2.63. The van der Waals surface area contributed by atoms with E-state index in [1.54, 1.807) is 6.92 Å². The number of amides is 1. The molecule has 2 N–H and O–H groups in total. The molecule has 6 heteroatoms. The molecular weight excluding hydrogens is 220 g/mol. The number of hydrogen-bond acceptors (Lipinski definition) is 5. The van der Waals surface area contributed by atoms with Gasteiger partial charge in [-0.1, -0.05) is 19.0 Å². The maximum atomic E-state index is 11.4. The molecule has 0 aliphatic carbocycles. The van der Waals surface area contributed by atoms with Crippen molar-refractivity contribution in [3.05, 3.63) is 11.7 Å². The maximum absolute atomic E-state index is 11.4. The Morgan fingerprint density at radius 3 is 2.82 bits per heavy atom. The Labute approximate surface area is 101 Å². The van der Waals surface area contributed by atoms with Crippen molar-refractivity contribution in [2.45, 2.75) is 33.7 Å². The third-order valence-corrected chi connectivity index (χ3v) is 2.18. The van der Waals surface area contributed by atoms with E-state index < -0.39 is 0 Å². The van der Waals surface area contributed by atoms with Crippen LogP contribution in [0.1, 0.15) is 32.0 Å². The van der Waals surface area contributed by atoms with Crippen LogP contribution in [0.3, 0.4) is 0 Å². The molecule has 0 aliphatic rings. The number of hydrogen-bond donors (Lipinski definition) is 2. The second-order valence-electron chi connectivity index (χ2n) is 4.37. The Bertz CT molecular complexity index is 349. The van der Waals surface area contributed by atoms with Crippen LogP contribution in [0.2, 0.25) is 0 Å². The van der Waals surface area contributed by atoms with Crippen LogP contribution < -0.4 is 10.6 Å². The molecule has 0 saturated heterocycles. The van der Waals surface area contributed by atoms with Crippen molar-refractivity contribution < 1.29 is 9.32 Å². The molecule has 0 fully saturated rings. The van der Waals surface area contributed by atoms with Crippen LogP contribution in [0.25, 0.3) is 0 Å². The van der Waals surface area contributed by atoms with Crippen molar-refractivity contribution in [2.24, 2.45) is 5.92 Å². The average molecular weight is 240 g/mol. The summed E-state index contributed by atoms with van der Waals surface area (Å²) in [6.45, 7) is 7.42. The Balaban J connectivity index is 2.08. The van der Waals surface area contributed by atoms with E-state index in [1.807, 2.05) is 0 Å². The first kappa shape index (κ1) is 13.6. The standard InChI is InChI=1S/C11H20N4O2/c1-8(2)4-5-13-11(16)7-12-6-10-14-9(3)17-15-10/h8,12H,4-7H2,1-3H3,(H,13,16). The van der Waals surface area contributed by atoms with Gasteiger partial charge in [0.15, 0.2) is 5.82 Å². The highest BCUT2D eigenvalue weighted by Gasteiger charge is 2.04. The molecule has 1 rings (SSSR count). The summed E-state index contributed by atoms with van der Waals surface area (Å²) >= 11 is 0. The van der Waals surface area contributed by atoms with Gasteiger partial charge in [-0.3, -0.25) is 4.79 Å². The summed E-state index contributed by atoms with van der Waals surface area (Å²) in [4.78, 5) is 15.4. The van der Waals surface area contributed by atoms with Gasteiger partial charge < -0.3 is 15.2 Å². The second-order valence-corrected chi connectivity index (χ2v) is 4.37. The van der Waals surface area contributed by atoms with Gasteiger partial charge in [0.25, 0.3) is 0 Å². The first-order valence-corrected chi connectivity index (χ1v) is 5.84.